The zero-order chi connectivity index (χ0) is 13.7. The van der Waals surface area contributed by atoms with Crippen LogP contribution >= 0.6 is 0 Å². The lowest BCUT2D eigenvalue weighted by Crippen LogP contribution is -2.11. The molecular weight excluding hydrogens is 238 g/mol. The van der Waals surface area contributed by atoms with Crippen LogP contribution in [0.25, 0.3) is 0 Å². The van der Waals surface area contributed by atoms with Crippen LogP contribution in [0.4, 0.5) is 0 Å². The molecule has 0 aliphatic rings. The number of hydrogen-bond acceptors (Lipinski definition) is 6. The second-order valence-electron chi connectivity index (χ2n) is 3.43. The summed E-state index contributed by atoms with van der Waals surface area (Å²) in [6, 6.07) is 3.00. The molecule has 1 aromatic carbocycles. The Morgan fingerprint density at radius 2 is 1.61 bits per heavy atom. The van der Waals surface area contributed by atoms with E-state index < -0.39 is 5.78 Å². The van der Waals surface area contributed by atoms with Crippen molar-refractivity contribution in [3.05, 3.63) is 17.7 Å². The lowest BCUT2D eigenvalue weighted by atomic mass is 10.1. The average molecular weight is 253 g/mol. The number of carbonyl (C=O) groups is 1. The summed E-state index contributed by atoms with van der Waals surface area (Å²) >= 11 is 0. The Kier molecular flexibility index (Phi) is 4.53. The molecule has 1 rings (SSSR count). The molecule has 18 heavy (non-hydrogen) atoms. The average Bonchev–Trinajstić information content (AvgIpc) is 2.43. The Morgan fingerprint density at radius 1 is 1.11 bits per heavy atom. The quantitative estimate of drug-likeness (QED) is 0.374. The summed E-state index contributed by atoms with van der Waals surface area (Å²) in [5, 5.41) is 11.5. The number of methoxy groups -OCH3 is 3. The van der Waals surface area contributed by atoms with Gasteiger partial charge in [0.25, 0.3) is 0 Å². The number of benzene rings is 1. The van der Waals surface area contributed by atoms with Crippen LogP contribution in [-0.4, -0.2) is 38.0 Å². The number of hydrogen-bond donors (Lipinski definition) is 1. The summed E-state index contributed by atoms with van der Waals surface area (Å²) in [5.74, 6) is 0.712. The molecule has 6 nitrogen and oxygen atoms in total. The Hall–Kier alpha value is -2.24. The van der Waals surface area contributed by atoms with E-state index in [1.807, 2.05) is 0 Å². The summed E-state index contributed by atoms with van der Waals surface area (Å²) in [5.41, 5.74) is 0.268. The van der Waals surface area contributed by atoms with Gasteiger partial charge in [0.05, 0.1) is 21.3 Å². The highest BCUT2D eigenvalue weighted by Crippen LogP contribution is 2.38. The van der Waals surface area contributed by atoms with E-state index in [-0.39, 0.29) is 5.71 Å². The number of rotatable bonds is 5. The lowest BCUT2D eigenvalue weighted by Gasteiger charge is -2.13. The molecule has 0 aromatic heterocycles. The monoisotopic (exact) mass is 253 g/mol. The summed E-state index contributed by atoms with van der Waals surface area (Å²) in [6.07, 6.45) is 0. The second-order valence-corrected chi connectivity index (χ2v) is 3.43. The van der Waals surface area contributed by atoms with Crippen molar-refractivity contribution in [2.45, 2.75) is 6.92 Å². The van der Waals surface area contributed by atoms with E-state index in [0.29, 0.717) is 22.8 Å². The number of Topliss-reactive ketones (excluding diaryl/α,β-unsaturated/α-hetero) is 1. The molecule has 0 bridgehead atoms. The minimum absolute atomic E-state index is 0.0238. The molecule has 0 amide bonds. The van der Waals surface area contributed by atoms with Gasteiger partial charge >= 0.3 is 0 Å². The van der Waals surface area contributed by atoms with E-state index in [1.54, 1.807) is 0 Å². The van der Waals surface area contributed by atoms with Gasteiger partial charge < -0.3 is 19.4 Å². The molecule has 1 aromatic rings. The van der Waals surface area contributed by atoms with Gasteiger partial charge in [-0.1, -0.05) is 5.16 Å². The molecule has 0 atom stereocenters. The first-order valence-electron chi connectivity index (χ1n) is 5.12. The van der Waals surface area contributed by atoms with E-state index >= 15 is 0 Å². The van der Waals surface area contributed by atoms with Crippen molar-refractivity contribution in [3.8, 4) is 17.2 Å². The van der Waals surface area contributed by atoms with Gasteiger partial charge in [0.1, 0.15) is 5.71 Å². The van der Waals surface area contributed by atoms with Crippen LogP contribution in [0.5, 0.6) is 17.2 Å². The van der Waals surface area contributed by atoms with Gasteiger partial charge in [-0.2, -0.15) is 0 Å². The largest absolute Gasteiger partial charge is 0.493 e. The molecule has 1 N–H and O–H groups in total. The van der Waals surface area contributed by atoms with Crippen molar-refractivity contribution in [1.82, 2.24) is 0 Å². The van der Waals surface area contributed by atoms with E-state index in [4.69, 9.17) is 19.4 Å². The Labute approximate surface area is 105 Å². The third-order valence-electron chi connectivity index (χ3n) is 2.41. The van der Waals surface area contributed by atoms with Crippen LogP contribution in [0.2, 0.25) is 0 Å². The van der Waals surface area contributed by atoms with Gasteiger partial charge in [0.15, 0.2) is 11.5 Å². The Bertz CT molecular complexity index is 456. The van der Waals surface area contributed by atoms with E-state index in [0.717, 1.165) is 0 Å². The van der Waals surface area contributed by atoms with Crippen molar-refractivity contribution in [3.63, 3.8) is 0 Å². The summed E-state index contributed by atoms with van der Waals surface area (Å²) in [7, 11) is 4.39. The molecular formula is C12H15NO5. The van der Waals surface area contributed by atoms with Crippen molar-refractivity contribution in [2.24, 2.45) is 5.16 Å². The number of ketones is 1. The Balaban J connectivity index is 3.36. The standard InChI is InChI=1S/C12H15NO5/c1-7(13-15)11(14)8-5-9(16-2)12(18-4)10(6-8)17-3/h5-6,15H,1-4H3/b13-7-. The van der Waals surface area contributed by atoms with Crippen LogP contribution in [0, 0.1) is 0 Å². The van der Waals surface area contributed by atoms with Gasteiger partial charge in [-0.25, -0.2) is 0 Å². The summed E-state index contributed by atoms with van der Waals surface area (Å²) < 4.78 is 15.4. The molecule has 0 aliphatic heterocycles. The lowest BCUT2D eigenvalue weighted by molar-refractivity contribution is 0.106. The minimum Gasteiger partial charge on any atom is -0.493 e. The number of oxime groups is 1. The molecule has 98 valence electrons. The first kappa shape index (κ1) is 13.8. The summed E-state index contributed by atoms with van der Waals surface area (Å²) in [6.45, 7) is 1.41. The fourth-order valence-electron chi connectivity index (χ4n) is 1.47. The van der Waals surface area contributed by atoms with Crippen LogP contribution in [0.1, 0.15) is 17.3 Å². The van der Waals surface area contributed by atoms with Gasteiger partial charge in [-0.3, -0.25) is 4.79 Å². The van der Waals surface area contributed by atoms with Crippen LogP contribution in [-0.2, 0) is 0 Å². The number of nitrogens with zero attached hydrogens (tertiary/aromatic N) is 1. The molecule has 0 saturated heterocycles. The maximum Gasteiger partial charge on any atom is 0.210 e. The molecule has 0 saturated carbocycles. The van der Waals surface area contributed by atoms with Crippen molar-refractivity contribution in [1.29, 1.82) is 0 Å². The Morgan fingerprint density at radius 3 is 1.94 bits per heavy atom. The maximum atomic E-state index is 11.9. The van der Waals surface area contributed by atoms with Crippen molar-refractivity contribution in [2.75, 3.05) is 21.3 Å². The van der Waals surface area contributed by atoms with Crippen molar-refractivity contribution >= 4 is 11.5 Å². The van der Waals surface area contributed by atoms with Crippen molar-refractivity contribution < 1.29 is 24.2 Å². The van der Waals surface area contributed by atoms with Crippen LogP contribution in [0.3, 0.4) is 0 Å². The SMILES string of the molecule is COc1cc(C(=O)/C(C)=N\O)cc(OC)c1OC. The molecule has 0 fully saturated rings. The third-order valence-corrected chi connectivity index (χ3v) is 2.41. The molecule has 0 aliphatic carbocycles. The molecule has 0 spiro atoms. The van der Waals surface area contributed by atoms with Crippen LogP contribution < -0.4 is 14.2 Å². The van der Waals surface area contributed by atoms with Crippen LogP contribution in [0.15, 0.2) is 17.3 Å². The first-order valence-corrected chi connectivity index (χ1v) is 5.12. The highest BCUT2D eigenvalue weighted by Gasteiger charge is 2.18. The first-order chi connectivity index (χ1) is 8.58. The maximum absolute atomic E-state index is 11.9. The molecule has 0 unspecified atom stereocenters. The van der Waals surface area contributed by atoms with E-state index in [2.05, 4.69) is 5.16 Å². The minimum atomic E-state index is -0.420. The smallest absolute Gasteiger partial charge is 0.210 e. The normalized spacial score (nSPS) is 11.0. The van der Waals surface area contributed by atoms with Gasteiger partial charge in [-0.05, 0) is 19.1 Å². The van der Waals surface area contributed by atoms with E-state index in [1.165, 1.54) is 40.4 Å². The third kappa shape index (κ3) is 2.53. The fourth-order valence-corrected chi connectivity index (χ4v) is 1.47. The number of carbonyl (C=O) groups excluding carboxylic acids is 1. The highest BCUT2D eigenvalue weighted by molar-refractivity contribution is 6.45. The molecule has 6 heteroatoms. The molecule has 0 heterocycles. The van der Waals surface area contributed by atoms with E-state index in [9.17, 15) is 4.79 Å². The van der Waals surface area contributed by atoms with Gasteiger partial charge in [0, 0.05) is 5.56 Å². The predicted molar refractivity (Wildman–Crippen MR) is 65.3 cm³/mol. The second kappa shape index (κ2) is 5.90. The topological polar surface area (TPSA) is 77.4 Å². The summed E-state index contributed by atoms with van der Waals surface area (Å²) in [4.78, 5) is 11.9. The van der Waals surface area contributed by atoms with Gasteiger partial charge in [-0.15, -0.1) is 0 Å². The highest BCUT2D eigenvalue weighted by atomic mass is 16.5. The van der Waals surface area contributed by atoms with Gasteiger partial charge in [0.2, 0.25) is 11.5 Å². The molecule has 0 radical (unpaired) electrons. The zero-order valence-corrected chi connectivity index (χ0v) is 10.7. The number of ether oxygens (including phenoxy) is 3. The predicted octanol–water partition coefficient (Wildman–Crippen LogP) is 1.75. The zero-order valence-electron chi connectivity index (χ0n) is 10.7. The fraction of sp³-hybridized carbons (Fsp3) is 0.333.